The molecule has 138 valence electrons. The summed E-state index contributed by atoms with van der Waals surface area (Å²) in [6.07, 6.45) is 0. The second-order valence-corrected chi connectivity index (χ2v) is 5.57. The quantitative estimate of drug-likeness (QED) is 0.725. The smallest absolute Gasteiger partial charge is 0.360 e. The third-order valence-electron chi connectivity index (χ3n) is 3.86. The molecule has 3 rings (SSSR count). The lowest BCUT2D eigenvalue weighted by Crippen LogP contribution is -2.43. The van der Waals surface area contributed by atoms with Crippen molar-refractivity contribution < 1.29 is 28.3 Å². The van der Waals surface area contributed by atoms with Gasteiger partial charge < -0.3 is 23.6 Å². The van der Waals surface area contributed by atoms with Crippen LogP contribution >= 0.6 is 0 Å². The van der Waals surface area contributed by atoms with Crippen molar-refractivity contribution in [2.24, 2.45) is 0 Å². The topological polar surface area (TPSA) is 91.1 Å². The zero-order valence-corrected chi connectivity index (χ0v) is 14.5. The summed E-state index contributed by atoms with van der Waals surface area (Å²) in [4.78, 5) is 25.7. The molecule has 1 aromatic carbocycles. The predicted octanol–water partition coefficient (Wildman–Crippen LogP) is 1.76. The highest BCUT2D eigenvalue weighted by Crippen LogP contribution is 2.30. The molecule has 0 bridgehead atoms. The van der Waals surface area contributed by atoms with Gasteiger partial charge >= 0.3 is 5.97 Å². The van der Waals surface area contributed by atoms with Crippen molar-refractivity contribution in [1.29, 1.82) is 0 Å². The van der Waals surface area contributed by atoms with Gasteiger partial charge in [-0.1, -0.05) is 17.3 Å². The maximum Gasteiger partial charge on any atom is 0.360 e. The van der Waals surface area contributed by atoms with Gasteiger partial charge in [0, 0.05) is 19.2 Å². The minimum atomic E-state index is -0.552. The molecule has 0 atom stereocenters. The van der Waals surface area contributed by atoms with E-state index in [4.69, 9.17) is 18.7 Å². The van der Waals surface area contributed by atoms with Crippen LogP contribution in [0.3, 0.4) is 0 Å². The number of amides is 1. The molecule has 0 N–H and O–H groups in total. The van der Waals surface area contributed by atoms with Crippen LogP contribution in [0, 0.1) is 0 Å². The van der Waals surface area contributed by atoms with Gasteiger partial charge in [-0.3, -0.25) is 4.79 Å². The molecule has 1 aliphatic rings. The highest BCUT2D eigenvalue weighted by Gasteiger charge is 2.20. The Hall–Kier alpha value is -2.87. The zero-order valence-electron chi connectivity index (χ0n) is 14.5. The summed E-state index contributed by atoms with van der Waals surface area (Å²) in [6.45, 7) is 4.09. The Balaban J connectivity index is 1.70. The number of ether oxygens (including phenoxy) is 3. The molecule has 0 unspecified atom stereocenters. The number of nitrogens with zero attached hydrogens (tertiary/aromatic N) is 2. The average Bonchev–Trinajstić information content (AvgIpc) is 3.17. The van der Waals surface area contributed by atoms with Crippen LogP contribution in [0.4, 0.5) is 0 Å². The number of morpholine rings is 1. The normalized spacial score (nSPS) is 14.1. The number of carbonyl (C=O) groups excluding carboxylic acids is 2. The van der Waals surface area contributed by atoms with E-state index >= 15 is 0 Å². The van der Waals surface area contributed by atoms with Crippen LogP contribution in [0.15, 0.2) is 34.9 Å². The molecule has 8 nitrogen and oxygen atoms in total. The number of esters is 1. The summed E-state index contributed by atoms with van der Waals surface area (Å²) in [7, 11) is 0. The van der Waals surface area contributed by atoms with E-state index in [9.17, 15) is 9.59 Å². The van der Waals surface area contributed by atoms with Crippen molar-refractivity contribution in [3.63, 3.8) is 0 Å². The predicted molar refractivity (Wildman–Crippen MR) is 90.8 cm³/mol. The van der Waals surface area contributed by atoms with Crippen LogP contribution in [0.2, 0.25) is 0 Å². The van der Waals surface area contributed by atoms with Gasteiger partial charge in [-0.05, 0) is 19.1 Å². The van der Waals surface area contributed by atoms with Crippen molar-refractivity contribution in [2.45, 2.75) is 6.92 Å². The molecule has 1 saturated heterocycles. The van der Waals surface area contributed by atoms with Crippen LogP contribution in [0.25, 0.3) is 11.3 Å². The second kappa shape index (κ2) is 8.48. The van der Waals surface area contributed by atoms with Gasteiger partial charge in [0.15, 0.2) is 18.1 Å². The van der Waals surface area contributed by atoms with Gasteiger partial charge in [0.05, 0.1) is 25.4 Å². The van der Waals surface area contributed by atoms with Gasteiger partial charge in [0.1, 0.15) is 5.75 Å². The van der Waals surface area contributed by atoms with Gasteiger partial charge in [0.25, 0.3) is 5.91 Å². The number of hydrogen-bond acceptors (Lipinski definition) is 7. The number of para-hydroxylation sites is 1. The Bertz CT molecular complexity index is 767. The van der Waals surface area contributed by atoms with Gasteiger partial charge in [-0.25, -0.2) is 4.79 Å². The van der Waals surface area contributed by atoms with Crippen molar-refractivity contribution in [1.82, 2.24) is 10.1 Å². The fourth-order valence-electron chi connectivity index (χ4n) is 2.54. The van der Waals surface area contributed by atoms with E-state index < -0.39 is 5.97 Å². The monoisotopic (exact) mass is 360 g/mol. The number of rotatable bonds is 6. The average molecular weight is 360 g/mol. The lowest BCUT2D eigenvalue weighted by Gasteiger charge is -2.26. The van der Waals surface area contributed by atoms with Crippen LogP contribution in [0.5, 0.6) is 5.75 Å². The number of aromatic nitrogens is 1. The molecule has 0 spiro atoms. The van der Waals surface area contributed by atoms with E-state index in [-0.39, 0.29) is 24.8 Å². The summed E-state index contributed by atoms with van der Waals surface area (Å²) in [6, 6.07) is 8.58. The molecule has 1 amide bonds. The maximum absolute atomic E-state index is 12.2. The first-order valence-electron chi connectivity index (χ1n) is 8.40. The molecular weight excluding hydrogens is 340 g/mol. The number of carbonyl (C=O) groups is 2. The lowest BCUT2D eigenvalue weighted by atomic mass is 10.1. The van der Waals surface area contributed by atoms with E-state index in [1.165, 1.54) is 6.07 Å². The van der Waals surface area contributed by atoms with Gasteiger partial charge in [-0.15, -0.1) is 0 Å². The maximum atomic E-state index is 12.2. The molecule has 26 heavy (non-hydrogen) atoms. The van der Waals surface area contributed by atoms with E-state index in [0.717, 1.165) is 0 Å². The number of hydrogen-bond donors (Lipinski definition) is 0. The van der Waals surface area contributed by atoms with Crippen LogP contribution in [0.1, 0.15) is 17.4 Å². The Morgan fingerprint density at radius 1 is 1.23 bits per heavy atom. The van der Waals surface area contributed by atoms with Crippen molar-refractivity contribution >= 4 is 11.9 Å². The molecular formula is C18H20N2O6. The highest BCUT2D eigenvalue weighted by atomic mass is 16.5. The first kappa shape index (κ1) is 17.9. The summed E-state index contributed by atoms with van der Waals surface area (Å²) in [5.41, 5.74) is 0.686. The molecule has 2 heterocycles. The third kappa shape index (κ3) is 4.20. The summed E-state index contributed by atoms with van der Waals surface area (Å²) < 4.78 is 21.1. The fourth-order valence-corrected chi connectivity index (χ4v) is 2.54. The minimum absolute atomic E-state index is 0.0843. The molecule has 1 aromatic heterocycles. The molecule has 1 fully saturated rings. The van der Waals surface area contributed by atoms with Crippen LogP contribution in [-0.4, -0.2) is 61.5 Å². The van der Waals surface area contributed by atoms with Crippen LogP contribution < -0.4 is 4.74 Å². The Morgan fingerprint density at radius 2 is 2.00 bits per heavy atom. The van der Waals surface area contributed by atoms with E-state index in [0.29, 0.717) is 43.4 Å². The fraction of sp³-hybridized carbons (Fsp3) is 0.389. The van der Waals surface area contributed by atoms with Crippen LogP contribution in [-0.2, 0) is 14.3 Å². The minimum Gasteiger partial charge on any atom is -0.483 e. The van der Waals surface area contributed by atoms with E-state index in [1.54, 1.807) is 36.1 Å². The standard InChI is InChI=1S/C18H20N2O6/c1-2-24-18(22)14-11-16(26-19-14)13-5-3-4-6-15(13)25-12-17(21)20-7-9-23-10-8-20/h3-6,11H,2,7-10,12H2,1H3. The zero-order chi connectivity index (χ0) is 18.4. The Morgan fingerprint density at radius 3 is 2.77 bits per heavy atom. The first-order valence-corrected chi connectivity index (χ1v) is 8.40. The third-order valence-corrected chi connectivity index (χ3v) is 3.86. The lowest BCUT2D eigenvalue weighted by molar-refractivity contribution is -0.137. The molecule has 8 heteroatoms. The van der Waals surface area contributed by atoms with Crippen molar-refractivity contribution in [3.05, 3.63) is 36.0 Å². The van der Waals surface area contributed by atoms with Crippen molar-refractivity contribution in [3.8, 4) is 17.1 Å². The van der Waals surface area contributed by atoms with Crippen molar-refractivity contribution in [2.75, 3.05) is 39.5 Å². The summed E-state index contributed by atoms with van der Waals surface area (Å²) >= 11 is 0. The second-order valence-electron chi connectivity index (χ2n) is 5.57. The molecule has 0 saturated carbocycles. The first-order chi connectivity index (χ1) is 12.7. The highest BCUT2D eigenvalue weighted by molar-refractivity contribution is 5.88. The summed E-state index contributed by atoms with van der Waals surface area (Å²) in [5.74, 6) is 0.180. The number of benzene rings is 1. The molecule has 1 aliphatic heterocycles. The largest absolute Gasteiger partial charge is 0.483 e. The molecule has 2 aromatic rings. The van der Waals surface area contributed by atoms with E-state index in [2.05, 4.69) is 5.16 Å². The van der Waals surface area contributed by atoms with Gasteiger partial charge in [-0.2, -0.15) is 0 Å². The Kier molecular flexibility index (Phi) is 5.85. The Labute approximate surface area is 150 Å². The van der Waals surface area contributed by atoms with E-state index in [1.807, 2.05) is 0 Å². The molecule has 0 radical (unpaired) electrons. The SMILES string of the molecule is CCOC(=O)c1cc(-c2ccccc2OCC(=O)N2CCOCC2)on1. The van der Waals surface area contributed by atoms with Gasteiger partial charge in [0.2, 0.25) is 0 Å². The molecule has 0 aliphatic carbocycles. The summed E-state index contributed by atoms with van der Waals surface area (Å²) in [5, 5.41) is 3.73.